The summed E-state index contributed by atoms with van der Waals surface area (Å²) in [4.78, 5) is 0. The fourth-order valence-corrected chi connectivity index (χ4v) is 4.19. The van der Waals surface area contributed by atoms with Crippen molar-refractivity contribution in [1.82, 2.24) is 0 Å². The third-order valence-electron chi connectivity index (χ3n) is 5.34. The van der Waals surface area contributed by atoms with Crippen LogP contribution in [0.2, 0.25) is 0 Å². The van der Waals surface area contributed by atoms with Crippen molar-refractivity contribution >= 4 is 6.08 Å². The van der Waals surface area contributed by atoms with Crippen molar-refractivity contribution in [2.24, 2.45) is 5.41 Å². The van der Waals surface area contributed by atoms with Crippen molar-refractivity contribution in [3.05, 3.63) is 87.6 Å². The first kappa shape index (κ1) is 13.6. The largest absolute Gasteiger partial charge is 0.0804 e. The van der Waals surface area contributed by atoms with E-state index in [1.165, 1.54) is 39.0 Å². The highest BCUT2D eigenvalue weighted by Gasteiger charge is 2.36. The Morgan fingerprint density at radius 1 is 1.05 bits per heavy atom. The molecule has 0 heterocycles. The number of hydrogen-bond acceptors (Lipinski definition) is 0. The van der Waals surface area contributed by atoms with E-state index in [1.807, 2.05) is 0 Å². The Kier molecular flexibility index (Phi) is 2.91. The van der Waals surface area contributed by atoms with Gasteiger partial charge in [0.15, 0.2) is 0 Å². The number of rotatable bonds is 2. The average Bonchev–Trinajstić information content (AvgIpc) is 3.12. The summed E-state index contributed by atoms with van der Waals surface area (Å²) in [6.45, 7) is 7.03. The monoisotopic (exact) mass is 286 g/mol. The fraction of sp³-hybridized carbons (Fsp3) is 0.273. The van der Waals surface area contributed by atoms with Crippen molar-refractivity contribution in [3.63, 3.8) is 0 Å². The first-order chi connectivity index (χ1) is 10.6. The SMILES string of the molecule is CC1=C(C(C)(C)C2=CC=CC2)C2=Cc3ccccc3CC2=C1. The molecule has 0 heteroatoms. The van der Waals surface area contributed by atoms with Gasteiger partial charge in [-0.2, -0.15) is 0 Å². The lowest BCUT2D eigenvalue weighted by molar-refractivity contribution is 0.536. The normalized spacial score (nSPS) is 19.7. The predicted octanol–water partition coefficient (Wildman–Crippen LogP) is 5.80. The standard InChI is InChI=1S/C22H22/c1-15-12-18-13-16-8-4-5-9-17(16)14-20(18)21(15)22(2,3)19-10-6-7-11-19/h4-10,12,14H,11,13H2,1-3H3. The van der Waals surface area contributed by atoms with E-state index in [0.29, 0.717) is 0 Å². The van der Waals surface area contributed by atoms with Crippen LogP contribution in [0, 0.1) is 5.41 Å². The van der Waals surface area contributed by atoms with Crippen molar-refractivity contribution in [1.29, 1.82) is 0 Å². The van der Waals surface area contributed by atoms with E-state index in [1.54, 1.807) is 0 Å². The highest BCUT2D eigenvalue weighted by Crippen LogP contribution is 2.50. The second-order valence-corrected chi connectivity index (χ2v) is 7.11. The third kappa shape index (κ3) is 1.90. The summed E-state index contributed by atoms with van der Waals surface area (Å²) in [5, 5.41) is 0. The molecule has 0 saturated heterocycles. The van der Waals surface area contributed by atoms with Gasteiger partial charge in [0.2, 0.25) is 0 Å². The number of benzene rings is 1. The van der Waals surface area contributed by atoms with E-state index < -0.39 is 0 Å². The molecule has 0 aliphatic heterocycles. The Labute approximate surface area is 133 Å². The maximum Gasteiger partial charge on any atom is 0.0120 e. The maximum atomic E-state index is 2.40. The lowest BCUT2D eigenvalue weighted by Crippen LogP contribution is -2.20. The van der Waals surface area contributed by atoms with Crippen molar-refractivity contribution in [2.75, 3.05) is 0 Å². The van der Waals surface area contributed by atoms with Crippen molar-refractivity contribution < 1.29 is 0 Å². The Balaban J connectivity index is 1.82. The quantitative estimate of drug-likeness (QED) is 0.645. The minimum absolute atomic E-state index is 0.101. The van der Waals surface area contributed by atoms with Crippen LogP contribution in [0.1, 0.15) is 38.3 Å². The van der Waals surface area contributed by atoms with Gasteiger partial charge in [0.25, 0.3) is 0 Å². The van der Waals surface area contributed by atoms with Crippen LogP contribution >= 0.6 is 0 Å². The molecule has 3 aliphatic carbocycles. The minimum atomic E-state index is 0.101. The summed E-state index contributed by atoms with van der Waals surface area (Å²) < 4.78 is 0. The van der Waals surface area contributed by atoms with Crippen LogP contribution in [-0.2, 0) is 6.42 Å². The van der Waals surface area contributed by atoms with Crippen LogP contribution in [-0.4, -0.2) is 0 Å². The van der Waals surface area contributed by atoms with Gasteiger partial charge in [-0.15, -0.1) is 0 Å². The van der Waals surface area contributed by atoms with Gasteiger partial charge < -0.3 is 0 Å². The van der Waals surface area contributed by atoms with Crippen LogP contribution in [0.25, 0.3) is 6.08 Å². The first-order valence-corrected chi connectivity index (χ1v) is 8.16. The molecule has 0 amide bonds. The molecule has 3 aliphatic rings. The molecule has 1 aromatic carbocycles. The topological polar surface area (TPSA) is 0 Å². The van der Waals surface area contributed by atoms with Crippen LogP contribution in [0.5, 0.6) is 0 Å². The van der Waals surface area contributed by atoms with Crippen LogP contribution in [0.3, 0.4) is 0 Å². The van der Waals surface area contributed by atoms with Gasteiger partial charge in [-0.25, -0.2) is 0 Å². The smallest absolute Gasteiger partial charge is 0.0120 e. The van der Waals surface area contributed by atoms with Crippen LogP contribution in [0.4, 0.5) is 0 Å². The molecule has 0 aromatic heterocycles. The fourth-order valence-electron chi connectivity index (χ4n) is 4.19. The lowest BCUT2D eigenvalue weighted by atomic mass is 9.71. The third-order valence-corrected chi connectivity index (χ3v) is 5.34. The van der Waals surface area contributed by atoms with Gasteiger partial charge in [0, 0.05) is 5.41 Å². The predicted molar refractivity (Wildman–Crippen MR) is 94.5 cm³/mol. The molecule has 0 radical (unpaired) electrons. The number of allylic oxidation sites excluding steroid dienone is 9. The van der Waals surface area contributed by atoms with E-state index in [-0.39, 0.29) is 5.41 Å². The molecular weight excluding hydrogens is 264 g/mol. The van der Waals surface area contributed by atoms with Crippen molar-refractivity contribution in [2.45, 2.75) is 33.6 Å². The Hall–Kier alpha value is -2.08. The zero-order chi connectivity index (χ0) is 15.3. The van der Waals surface area contributed by atoms with Gasteiger partial charge in [-0.3, -0.25) is 0 Å². The van der Waals surface area contributed by atoms with E-state index in [4.69, 9.17) is 0 Å². The summed E-state index contributed by atoms with van der Waals surface area (Å²) >= 11 is 0. The highest BCUT2D eigenvalue weighted by atomic mass is 14.4. The molecule has 0 bridgehead atoms. The molecule has 0 nitrogen and oxygen atoms in total. The van der Waals surface area contributed by atoms with E-state index in [0.717, 1.165) is 12.8 Å². The molecule has 110 valence electrons. The van der Waals surface area contributed by atoms with Gasteiger partial charge in [-0.1, -0.05) is 68.0 Å². The Morgan fingerprint density at radius 3 is 2.64 bits per heavy atom. The summed E-state index contributed by atoms with van der Waals surface area (Å²) in [6.07, 6.45) is 13.7. The van der Waals surface area contributed by atoms with Crippen molar-refractivity contribution in [3.8, 4) is 0 Å². The van der Waals surface area contributed by atoms with Crippen LogP contribution < -0.4 is 0 Å². The number of hydrogen-bond donors (Lipinski definition) is 0. The molecule has 0 N–H and O–H groups in total. The van der Waals surface area contributed by atoms with Gasteiger partial charge >= 0.3 is 0 Å². The van der Waals surface area contributed by atoms with E-state index >= 15 is 0 Å². The Morgan fingerprint density at radius 2 is 1.86 bits per heavy atom. The summed E-state index contributed by atoms with van der Waals surface area (Å²) in [6, 6.07) is 8.79. The summed E-state index contributed by atoms with van der Waals surface area (Å²) in [5.41, 5.74) is 10.4. The average molecular weight is 286 g/mol. The Bertz CT molecular complexity index is 804. The molecule has 22 heavy (non-hydrogen) atoms. The second kappa shape index (κ2) is 4.71. The first-order valence-electron chi connectivity index (χ1n) is 8.16. The zero-order valence-electron chi connectivity index (χ0n) is 13.6. The van der Waals surface area contributed by atoms with Gasteiger partial charge in [0.1, 0.15) is 0 Å². The van der Waals surface area contributed by atoms with E-state index in [9.17, 15) is 0 Å². The lowest BCUT2D eigenvalue weighted by Gasteiger charge is -2.32. The molecule has 0 fully saturated rings. The molecule has 0 unspecified atom stereocenters. The molecule has 0 atom stereocenters. The highest BCUT2D eigenvalue weighted by molar-refractivity contribution is 5.77. The molecule has 1 aromatic rings. The summed E-state index contributed by atoms with van der Waals surface area (Å²) in [5.74, 6) is 0. The zero-order valence-corrected chi connectivity index (χ0v) is 13.6. The molecular formula is C22H22. The van der Waals surface area contributed by atoms with Gasteiger partial charge in [-0.05, 0) is 59.3 Å². The maximum absolute atomic E-state index is 2.40. The molecule has 4 rings (SSSR count). The number of fused-ring (bicyclic) bond motifs is 2. The minimum Gasteiger partial charge on any atom is -0.0804 e. The van der Waals surface area contributed by atoms with E-state index in [2.05, 4.69) is 75.4 Å². The van der Waals surface area contributed by atoms with Crippen LogP contribution in [0.15, 0.2) is 76.4 Å². The molecule has 0 saturated carbocycles. The van der Waals surface area contributed by atoms with Gasteiger partial charge in [0.05, 0.1) is 0 Å². The molecule has 0 spiro atoms. The summed E-state index contributed by atoms with van der Waals surface area (Å²) in [7, 11) is 0. The second-order valence-electron chi connectivity index (χ2n) is 7.11.